The molecule has 0 amide bonds. The summed E-state index contributed by atoms with van der Waals surface area (Å²) in [5.41, 5.74) is 13.1. The number of nitrogen functional groups attached to an aromatic ring is 2. The van der Waals surface area contributed by atoms with Crippen LogP contribution in [-0.4, -0.2) is 6.54 Å². The number of nitrogens with two attached hydrogens (primary N) is 2. The van der Waals surface area contributed by atoms with E-state index in [1.165, 1.54) is 11.6 Å². The van der Waals surface area contributed by atoms with Crippen LogP contribution in [0.2, 0.25) is 5.02 Å². The first-order chi connectivity index (χ1) is 8.59. The molecule has 0 saturated heterocycles. The van der Waals surface area contributed by atoms with Crippen molar-refractivity contribution in [1.82, 2.24) is 0 Å². The summed E-state index contributed by atoms with van der Waals surface area (Å²) in [6.07, 6.45) is 0.796. The van der Waals surface area contributed by atoms with Crippen LogP contribution in [0.1, 0.15) is 5.56 Å². The van der Waals surface area contributed by atoms with Crippen molar-refractivity contribution in [2.45, 2.75) is 6.42 Å². The molecule has 1 aromatic carbocycles. The van der Waals surface area contributed by atoms with Crippen LogP contribution in [0.3, 0.4) is 0 Å². The van der Waals surface area contributed by atoms with E-state index in [1.807, 2.05) is 11.4 Å². The standard InChI is InChI=1S/C12H13ClFN3S/c13-10-8(15)5-9(16)12(11(10)14)17-3-1-7-2-4-18-6-7/h2,4-6,17H,1,3,15-16H2. The molecule has 1 aromatic heterocycles. The van der Waals surface area contributed by atoms with Crippen LogP contribution in [0.5, 0.6) is 0 Å². The Bertz CT molecular complexity index is 543. The van der Waals surface area contributed by atoms with Crippen molar-refractivity contribution in [3.05, 3.63) is 39.3 Å². The van der Waals surface area contributed by atoms with Gasteiger partial charge in [-0.2, -0.15) is 11.3 Å². The van der Waals surface area contributed by atoms with Crippen LogP contribution in [0.4, 0.5) is 21.5 Å². The van der Waals surface area contributed by atoms with Crippen LogP contribution < -0.4 is 16.8 Å². The van der Waals surface area contributed by atoms with Crippen molar-refractivity contribution in [2.75, 3.05) is 23.3 Å². The first-order valence-corrected chi connectivity index (χ1v) is 6.69. The number of benzene rings is 1. The summed E-state index contributed by atoms with van der Waals surface area (Å²) in [6.45, 7) is 0.581. The molecule has 0 aliphatic rings. The van der Waals surface area contributed by atoms with Gasteiger partial charge in [-0.25, -0.2) is 4.39 Å². The molecule has 6 heteroatoms. The van der Waals surface area contributed by atoms with Crippen LogP contribution >= 0.6 is 22.9 Å². The minimum atomic E-state index is -0.598. The van der Waals surface area contributed by atoms with Gasteiger partial charge in [0.15, 0.2) is 5.82 Å². The Morgan fingerprint density at radius 2 is 2.11 bits per heavy atom. The molecule has 0 radical (unpaired) electrons. The zero-order valence-corrected chi connectivity index (χ0v) is 11.1. The summed E-state index contributed by atoms with van der Waals surface area (Å²) in [7, 11) is 0. The first-order valence-electron chi connectivity index (χ1n) is 5.37. The van der Waals surface area contributed by atoms with E-state index in [-0.39, 0.29) is 22.1 Å². The summed E-state index contributed by atoms with van der Waals surface area (Å²) in [5.74, 6) is -0.598. The predicted octanol–water partition coefficient (Wildman–Crippen LogP) is 3.36. The molecule has 0 unspecified atom stereocenters. The van der Waals surface area contributed by atoms with Crippen molar-refractivity contribution in [2.24, 2.45) is 0 Å². The molecule has 0 saturated carbocycles. The molecule has 0 fully saturated rings. The van der Waals surface area contributed by atoms with Gasteiger partial charge in [0.25, 0.3) is 0 Å². The maximum absolute atomic E-state index is 13.8. The van der Waals surface area contributed by atoms with E-state index < -0.39 is 5.82 Å². The van der Waals surface area contributed by atoms with Crippen molar-refractivity contribution in [1.29, 1.82) is 0 Å². The lowest BCUT2D eigenvalue weighted by Crippen LogP contribution is -2.09. The van der Waals surface area contributed by atoms with Gasteiger partial charge >= 0.3 is 0 Å². The maximum atomic E-state index is 13.8. The number of hydrogen-bond donors (Lipinski definition) is 3. The summed E-state index contributed by atoms with van der Waals surface area (Å²) < 4.78 is 13.8. The highest BCUT2D eigenvalue weighted by Crippen LogP contribution is 2.33. The first kappa shape index (κ1) is 13.0. The minimum Gasteiger partial charge on any atom is -0.397 e. The van der Waals surface area contributed by atoms with Gasteiger partial charge in [-0.15, -0.1) is 0 Å². The van der Waals surface area contributed by atoms with Gasteiger partial charge in [0, 0.05) is 6.54 Å². The molecular formula is C12H13ClFN3S. The zero-order chi connectivity index (χ0) is 13.1. The molecule has 0 atom stereocenters. The zero-order valence-electron chi connectivity index (χ0n) is 9.54. The summed E-state index contributed by atoms with van der Waals surface area (Å²) in [6, 6.07) is 3.49. The fourth-order valence-electron chi connectivity index (χ4n) is 1.61. The number of nitrogens with one attached hydrogen (secondary N) is 1. The van der Waals surface area contributed by atoms with E-state index in [1.54, 1.807) is 11.3 Å². The van der Waals surface area contributed by atoms with Crippen molar-refractivity contribution in [3.8, 4) is 0 Å². The molecular weight excluding hydrogens is 273 g/mol. The normalized spacial score (nSPS) is 10.6. The van der Waals surface area contributed by atoms with Gasteiger partial charge in [0.1, 0.15) is 5.02 Å². The van der Waals surface area contributed by atoms with Crippen molar-refractivity contribution >= 4 is 40.0 Å². The lowest BCUT2D eigenvalue weighted by molar-refractivity contribution is 0.632. The fourth-order valence-corrected chi connectivity index (χ4v) is 2.46. The average molecular weight is 286 g/mol. The second-order valence-electron chi connectivity index (χ2n) is 3.87. The SMILES string of the molecule is Nc1cc(N)c(NCCc2ccsc2)c(F)c1Cl. The van der Waals surface area contributed by atoms with E-state index in [9.17, 15) is 4.39 Å². The Balaban J connectivity index is 2.07. The monoisotopic (exact) mass is 285 g/mol. The summed E-state index contributed by atoms with van der Waals surface area (Å²) in [5, 5.41) is 6.91. The highest BCUT2D eigenvalue weighted by atomic mass is 35.5. The number of thiophene rings is 1. The van der Waals surface area contributed by atoms with Gasteiger partial charge < -0.3 is 16.8 Å². The second kappa shape index (κ2) is 5.46. The van der Waals surface area contributed by atoms with Crippen LogP contribution in [0, 0.1) is 5.82 Å². The third kappa shape index (κ3) is 2.68. The van der Waals surface area contributed by atoms with E-state index in [2.05, 4.69) is 10.7 Å². The van der Waals surface area contributed by atoms with Gasteiger partial charge in [0.2, 0.25) is 0 Å². The van der Waals surface area contributed by atoms with E-state index in [0.29, 0.717) is 6.54 Å². The van der Waals surface area contributed by atoms with E-state index >= 15 is 0 Å². The summed E-state index contributed by atoms with van der Waals surface area (Å²) >= 11 is 7.37. The topological polar surface area (TPSA) is 64.1 Å². The van der Waals surface area contributed by atoms with E-state index in [4.69, 9.17) is 23.1 Å². The highest BCUT2D eigenvalue weighted by Gasteiger charge is 2.13. The lowest BCUT2D eigenvalue weighted by atomic mass is 10.2. The molecule has 5 N–H and O–H groups in total. The molecule has 0 bridgehead atoms. The van der Waals surface area contributed by atoms with Gasteiger partial charge in [-0.05, 0) is 34.9 Å². The Kier molecular flexibility index (Phi) is 3.93. The van der Waals surface area contributed by atoms with Crippen molar-refractivity contribution < 1.29 is 4.39 Å². The number of rotatable bonds is 4. The fraction of sp³-hybridized carbons (Fsp3) is 0.167. The van der Waals surface area contributed by atoms with Crippen LogP contribution in [0.25, 0.3) is 0 Å². The highest BCUT2D eigenvalue weighted by molar-refractivity contribution is 7.07. The lowest BCUT2D eigenvalue weighted by Gasteiger charge is -2.12. The van der Waals surface area contributed by atoms with Crippen LogP contribution in [-0.2, 0) is 6.42 Å². The molecule has 96 valence electrons. The Hall–Kier alpha value is -1.46. The number of anilines is 3. The molecule has 2 aromatic rings. The third-order valence-corrected chi connectivity index (χ3v) is 3.68. The second-order valence-corrected chi connectivity index (χ2v) is 5.02. The summed E-state index contributed by atoms with van der Waals surface area (Å²) in [4.78, 5) is 0. The molecule has 0 spiro atoms. The van der Waals surface area contributed by atoms with Gasteiger partial charge in [-0.1, -0.05) is 11.6 Å². The third-order valence-electron chi connectivity index (χ3n) is 2.56. The smallest absolute Gasteiger partial charge is 0.169 e. The van der Waals surface area contributed by atoms with Crippen LogP contribution in [0.15, 0.2) is 22.9 Å². The molecule has 1 heterocycles. The van der Waals surface area contributed by atoms with Crippen molar-refractivity contribution in [3.63, 3.8) is 0 Å². The predicted molar refractivity (Wildman–Crippen MR) is 76.7 cm³/mol. The van der Waals surface area contributed by atoms with Gasteiger partial charge in [-0.3, -0.25) is 0 Å². The number of halogens is 2. The quantitative estimate of drug-likeness (QED) is 0.755. The Labute approximate surface area is 114 Å². The minimum absolute atomic E-state index is 0.0952. The molecule has 2 rings (SSSR count). The largest absolute Gasteiger partial charge is 0.397 e. The Morgan fingerprint density at radius 1 is 1.33 bits per heavy atom. The Morgan fingerprint density at radius 3 is 2.78 bits per heavy atom. The molecule has 0 aliphatic heterocycles. The molecule has 3 nitrogen and oxygen atoms in total. The molecule has 0 aliphatic carbocycles. The average Bonchev–Trinajstić information content (AvgIpc) is 2.84. The maximum Gasteiger partial charge on any atom is 0.169 e. The molecule has 18 heavy (non-hydrogen) atoms. The van der Waals surface area contributed by atoms with Gasteiger partial charge in [0.05, 0.1) is 17.1 Å². The van der Waals surface area contributed by atoms with E-state index in [0.717, 1.165) is 6.42 Å². The number of hydrogen-bond acceptors (Lipinski definition) is 4.